The number of Topliss-reactive ketones (excluding diaryl/α,β-unsaturated/α-hetero) is 2. The number of rotatable bonds is 0. The van der Waals surface area contributed by atoms with Crippen molar-refractivity contribution in [3.63, 3.8) is 0 Å². The summed E-state index contributed by atoms with van der Waals surface area (Å²) in [6.07, 6.45) is 10.3. The molecule has 4 saturated carbocycles. The maximum absolute atomic E-state index is 13.0. The summed E-state index contributed by atoms with van der Waals surface area (Å²) in [5.41, 5.74) is 1.55. The van der Waals surface area contributed by atoms with Crippen LogP contribution >= 0.6 is 0 Å². The van der Waals surface area contributed by atoms with Gasteiger partial charge >= 0.3 is 0 Å². The van der Waals surface area contributed by atoms with Crippen molar-refractivity contribution in [2.45, 2.75) is 72.1 Å². The van der Waals surface area contributed by atoms with Crippen molar-refractivity contribution in [1.82, 2.24) is 0 Å². The van der Waals surface area contributed by atoms with E-state index in [0.29, 0.717) is 29.3 Å². The van der Waals surface area contributed by atoms with E-state index in [1.807, 2.05) is 0 Å². The van der Waals surface area contributed by atoms with Crippen LogP contribution in [0.2, 0.25) is 0 Å². The van der Waals surface area contributed by atoms with Crippen molar-refractivity contribution < 1.29 is 9.59 Å². The van der Waals surface area contributed by atoms with E-state index < -0.39 is 0 Å². The Morgan fingerprint density at radius 1 is 1.00 bits per heavy atom. The quantitative estimate of drug-likeness (QED) is 0.606. The summed E-state index contributed by atoms with van der Waals surface area (Å²) in [5, 5.41) is 0. The summed E-state index contributed by atoms with van der Waals surface area (Å²) in [6.45, 7) is 6.71. The lowest BCUT2D eigenvalue weighted by Gasteiger charge is -2.58. The number of fused-ring (bicyclic) bond motifs is 5. The fourth-order valence-corrected chi connectivity index (χ4v) is 6.93. The van der Waals surface area contributed by atoms with Crippen molar-refractivity contribution in [3.05, 3.63) is 11.6 Å². The van der Waals surface area contributed by atoms with E-state index in [2.05, 4.69) is 26.8 Å². The van der Waals surface area contributed by atoms with E-state index >= 15 is 0 Å². The average molecular weight is 314 g/mol. The first-order valence-electron chi connectivity index (χ1n) is 9.60. The molecule has 126 valence electrons. The van der Waals surface area contributed by atoms with Crippen LogP contribution in [0, 0.1) is 34.5 Å². The van der Waals surface area contributed by atoms with Gasteiger partial charge in [-0.2, -0.15) is 0 Å². The molecule has 0 unspecified atom stereocenters. The zero-order chi connectivity index (χ0) is 16.4. The Morgan fingerprint density at radius 3 is 2.52 bits per heavy atom. The minimum absolute atomic E-state index is 0.117. The molecule has 4 aliphatic rings. The molecule has 0 aromatic heterocycles. The van der Waals surface area contributed by atoms with Crippen LogP contribution in [0.4, 0.5) is 0 Å². The van der Waals surface area contributed by atoms with Crippen LogP contribution in [0.5, 0.6) is 0 Å². The Labute approximate surface area is 140 Å². The lowest BCUT2D eigenvalue weighted by atomic mass is 9.45. The standard InChI is InChI=1S/C21H30O2/c1-4-13-7-9-20(2)16-8-10-21(3)15(5-6-19(21)23)14(16)12-18(22)17(20)11-13/h4,14-17H,5-12H2,1-3H3/b13-4+/t14-,15-,16-,17+,20+,21-/m0/s1. The number of carbonyl (C=O) groups excluding carboxylic acids is 2. The molecule has 0 spiro atoms. The van der Waals surface area contributed by atoms with Crippen LogP contribution in [0.3, 0.4) is 0 Å². The third kappa shape index (κ3) is 1.99. The van der Waals surface area contributed by atoms with E-state index in [0.717, 1.165) is 38.5 Å². The molecule has 0 heterocycles. The first-order valence-corrected chi connectivity index (χ1v) is 9.60. The van der Waals surface area contributed by atoms with Gasteiger partial charge < -0.3 is 0 Å². The van der Waals surface area contributed by atoms with E-state index in [1.54, 1.807) is 0 Å². The molecule has 0 N–H and O–H groups in total. The number of ketones is 2. The van der Waals surface area contributed by atoms with Crippen molar-refractivity contribution in [2.24, 2.45) is 34.5 Å². The van der Waals surface area contributed by atoms with Gasteiger partial charge in [0.1, 0.15) is 11.6 Å². The predicted molar refractivity (Wildman–Crippen MR) is 90.9 cm³/mol. The Balaban J connectivity index is 1.69. The molecule has 4 aliphatic carbocycles. The van der Waals surface area contributed by atoms with Crippen molar-refractivity contribution in [3.8, 4) is 0 Å². The molecule has 0 amide bonds. The smallest absolute Gasteiger partial charge is 0.139 e. The zero-order valence-corrected chi connectivity index (χ0v) is 14.9. The monoisotopic (exact) mass is 314 g/mol. The summed E-state index contributed by atoms with van der Waals surface area (Å²) in [6, 6.07) is 0. The van der Waals surface area contributed by atoms with Gasteiger partial charge in [0, 0.05) is 24.2 Å². The molecule has 2 nitrogen and oxygen atoms in total. The van der Waals surface area contributed by atoms with Crippen LogP contribution < -0.4 is 0 Å². The van der Waals surface area contributed by atoms with Gasteiger partial charge in [-0.25, -0.2) is 0 Å². The highest BCUT2D eigenvalue weighted by atomic mass is 16.1. The number of allylic oxidation sites excluding steroid dienone is 2. The van der Waals surface area contributed by atoms with Crippen LogP contribution in [-0.4, -0.2) is 11.6 Å². The topological polar surface area (TPSA) is 34.1 Å². The van der Waals surface area contributed by atoms with Gasteiger partial charge in [-0.1, -0.05) is 25.5 Å². The van der Waals surface area contributed by atoms with Gasteiger partial charge in [0.2, 0.25) is 0 Å². The number of hydrogen-bond acceptors (Lipinski definition) is 2. The lowest BCUT2D eigenvalue weighted by molar-refractivity contribution is -0.153. The van der Waals surface area contributed by atoms with Gasteiger partial charge in [-0.05, 0) is 68.6 Å². The Hall–Kier alpha value is -0.920. The Bertz CT molecular complexity index is 589. The summed E-state index contributed by atoms with van der Waals surface area (Å²) in [7, 11) is 0. The SMILES string of the molecule is C/C=C1\CC[C@@]2(C)[C@H](C1)C(=O)C[C@@H]1[C@@H]2CC[C@]2(C)C(=O)CC[C@@H]12. The van der Waals surface area contributed by atoms with Crippen molar-refractivity contribution in [1.29, 1.82) is 0 Å². The molecule has 0 bridgehead atoms. The molecule has 0 saturated heterocycles. The average Bonchev–Trinajstić information content (AvgIpc) is 2.83. The van der Waals surface area contributed by atoms with E-state index in [1.165, 1.54) is 18.4 Å². The van der Waals surface area contributed by atoms with Gasteiger partial charge in [0.05, 0.1) is 0 Å². The van der Waals surface area contributed by atoms with Crippen LogP contribution in [0.15, 0.2) is 11.6 Å². The molecule has 0 radical (unpaired) electrons. The fraction of sp³-hybridized carbons (Fsp3) is 0.810. The molecule has 6 atom stereocenters. The van der Waals surface area contributed by atoms with E-state index in [4.69, 9.17) is 0 Å². The first kappa shape index (κ1) is 15.6. The molecule has 0 aliphatic heterocycles. The van der Waals surface area contributed by atoms with Crippen LogP contribution in [0.25, 0.3) is 0 Å². The van der Waals surface area contributed by atoms with Gasteiger partial charge in [0.15, 0.2) is 0 Å². The lowest BCUT2D eigenvalue weighted by Crippen LogP contribution is -2.56. The Kier molecular flexibility index (Phi) is 3.42. The second-order valence-electron chi connectivity index (χ2n) is 9.17. The van der Waals surface area contributed by atoms with Crippen LogP contribution in [-0.2, 0) is 9.59 Å². The highest BCUT2D eigenvalue weighted by Gasteiger charge is 2.61. The molecule has 4 rings (SSSR count). The van der Waals surface area contributed by atoms with Crippen LogP contribution in [0.1, 0.15) is 72.1 Å². The van der Waals surface area contributed by atoms with E-state index in [9.17, 15) is 9.59 Å². The van der Waals surface area contributed by atoms with Gasteiger partial charge in [0.25, 0.3) is 0 Å². The van der Waals surface area contributed by atoms with E-state index in [-0.39, 0.29) is 16.7 Å². The van der Waals surface area contributed by atoms with Gasteiger partial charge in [-0.3, -0.25) is 9.59 Å². The summed E-state index contributed by atoms with van der Waals surface area (Å²) in [5.74, 6) is 2.81. The molecule has 2 heteroatoms. The first-order chi connectivity index (χ1) is 10.9. The third-order valence-electron chi connectivity index (χ3n) is 8.47. The van der Waals surface area contributed by atoms with Crippen molar-refractivity contribution in [2.75, 3.05) is 0 Å². The summed E-state index contributed by atoms with van der Waals surface area (Å²) >= 11 is 0. The third-order valence-corrected chi connectivity index (χ3v) is 8.47. The largest absolute Gasteiger partial charge is 0.299 e. The molecular weight excluding hydrogens is 284 g/mol. The minimum Gasteiger partial charge on any atom is -0.299 e. The van der Waals surface area contributed by atoms with Crippen molar-refractivity contribution >= 4 is 11.6 Å². The number of carbonyl (C=O) groups is 2. The normalized spacial score (nSPS) is 51.3. The number of hydrogen-bond donors (Lipinski definition) is 0. The van der Waals surface area contributed by atoms with Gasteiger partial charge in [-0.15, -0.1) is 0 Å². The maximum atomic E-state index is 13.0. The predicted octanol–water partition coefficient (Wildman–Crippen LogP) is 4.72. The second kappa shape index (κ2) is 5.04. The highest BCUT2D eigenvalue weighted by molar-refractivity contribution is 5.88. The molecule has 23 heavy (non-hydrogen) atoms. The molecule has 0 aromatic carbocycles. The molecular formula is C21H30O2. The maximum Gasteiger partial charge on any atom is 0.139 e. The summed E-state index contributed by atoms with van der Waals surface area (Å²) in [4.78, 5) is 25.5. The highest BCUT2D eigenvalue weighted by Crippen LogP contribution is 2.65. The molecule has 0 aromatic rings. The second-order valence-corrected chi connectivity index (χ2v) is 9.17. The summed E-state index contributed by atoms with van der Waals surface area (Å²) < 4.78 is 0. The fourth-order valence-electron chi connectivity index (χ4n) is 6.93. The zero-order valence-electron chi connectivity index (χ0n) is 14.9. The molecule has 4 fully saturated rings. The minimum atomic E-state index is -0.117. The Morgan fingerprint density at radius 2 is 1.78 bits per heavy atom.